The van der Waals surface area contributed by atoms with Crippen LogP contribution >= 0.6 is 11.8 Å². The lowest BCUT2D eigenvalue weighted by Gasteiger charge is -2.12. The normalized spacial score (nSPS) is 12.1. The minimum absolute atomic E-state index is 0.566. The molecule has 0 aliphatic carbocycles. The maximum absolute atomic E-state index is 5.70. The van der Waals surface area contributed by atoms with Gasteiger partial charge >= 0.3 is 0 Å². The van der Waals surface area contributed by atoms with E-state index in [1.165, 1.54) is 4.90 Å². The molecule has 0 aliphatic heterocycles. The Morgan fingerprint density at radius 3 is 2.22 bits per heavy atom. The predicted molar refractivity (Wildman–Crippen MR) is 78.3 cm³/mol. The van der Waals surface area contributed by atoms with Crippen molar-refractivity contribution in [2.75, 3.05) is 6.61 Å². The van der Waals surface area contributed by atoms with Gasteiger partial charge in [-0.2, -0.15) is 0 Å². The highest BCUT2D eigenvalue weighted by Gasteiger charge is 2.04. The van der Waals surface area contributed by atoms with E-state index in [-0.39, 0.29) is 0 Å². The number of hydrogen-bond donors (Lipinski definition) is 0. The van der Waals surface area contributed by atoms with Gasteiger partial charge in [0.15, 0.2) is 0 Å². The highest BCUT2D eigenvalue weighted by atomic mass is 32.2. The highest BCUT2D eigenvalue weighted by Crippen LogP contribution is 2.24. The number of hydrogen-bond acceptors (Lipinski definition) is 2. The van der Waals surface area contributed by atoms with Crippen LogP contribution in [0.5, 0.6) is 5.75 Å². The lowest BCUT2D eigenvalue weighted by Crippen LogP contribution is -2.05. The number of thioether (sulfide) groups is 1. The van der Waals surface area contributed by atoms with Crippen LogP contribution in [0.2, 0.25) is 0 Å². The average molecular weight is 258 g/mol. The van der Waals surface area contributed by atoms with Gasteiger partial charge in [0.05, 0.1) is 6.61 Å². The Kier molecular flexibility index (Phi) is 5.15. The largest absolute Gasteiger partial charge is 0.494 e. The molecule has 0 spiro atoms. The maximum atomic E-state index is 5.70. The quantitative estimate of drug-likeness (QED) is 0.698. The third-order valence-corrected chi connectivity index (χ3v) is 3.80. The van der Waals surface area contributed by atoms with E-state index >= 15 is 0 Å². The van der Waals surface area contributed by atoms with Crippen LogP contribution < -0.4 is 4.74 Å². The molecule has 1 atom stereocenters. The zero-order chi connectivity index (χ0) is 12.6. The van der Waals surface area contributed by atoms with Gasteiger partial charge in [0.2, 0.25) is 0 Å². The third-order valence-electron chi connectivity index (χ3n) is 2.62. The van der Waals surface area contributed by atoms with Crippen molar-refractivity contribution in [2.24, 2.45) is 0 Å². The molecule has 0 N–H and O–H groups in total. The third kappa shape index (κ3) is 4.46. The van der Waals surface area contributed by atoms with Crippen molar-refractivity contribution in [1.82, 2.24) is 0 Å². The number of rotatable bonds is 6. The molecular weight excluding hydrogens is 240 g/mol. The van der Waals surface area contributed by atoms with Gasteiger partial charge in [-0.15, -0.1) is 11.8 Å². The van der Waals surface area contributed by atoms with Gasteiger partial charge in [-0.25, -0.2) is 0 Å². The molecule has 0 aromatic heterocycles. The Hall–Kier alpha value is -1.41. The van der Waals surface area contributed by atoms with Crippen molar-refractivity contribution in [3.05, 3.63) is 60.7 Å². The Morgan fingerprint density at radius 2 is 1.56 bits per heavy atom. The summed E-state index contributed by atoms with van der Waals surface area (Å²) in [5.74, 6) is 0.953. The first-order valence-corrected chi connectivity index (χ1v) is 7.12. The van der Waals surface area contributed by atoms with Crippen LogP contribution in [-0.4, -0.2) is 11.9 Å². The van der Waals surface area contributed by atoms with Crippen LogP contribution in [-0.2, 0) is 0 Å². The van der Waals surface area contributed by atoms with Crippen LogP contribution in [0.3, 0.4) is 0 Å². The first-order chi connectivity index (χ1) is 8.84. The fourth-order valence-corrected chi connectivity index (χ4v) is 2.64. The molecule has 0 saturated carbocycles. The fourth-order valence-electron chi connectivity index (χ4n) is 1.65. The zero-order valence-corrected chi connectivity index (χ0v) is 11.4. The fraction of sp³-hybridized carbons (Fsp3) is 0.250. The molecule has 0 radical (unpaired) electrons. The molecular formula is C16H18OS. The second-order valence-electron chi connectivity index (χ2n) is 4.19. The summed E-state index contributed by atoms with van der Waals surface area (Å²) in [6, 6.07) is 20.5. The molecule has 18 heavy (non-hydrogen) atoms. The summed E-state index contributed by atoms with van der Waals surface area (Å²) < 4.78 is 5.70. The Morgan fingerprint density at radius 1 is 0.944 bits per heavy atom. The molecule has 0 amide bonds. The molecule has 0 heterocycles. The standard InChI is InChI=1S/C16H18OS/c1-14(18-16-10-6-3-7-11-16)12-13-17-15-8-4-2-5-9-15/h2-11,14H,12-13H2,1H3. The SMILES string of the molecule is CC(CCOc1ccccc1)Sc1ccccc1. The summed E-state index contributed by atoms with van der Waals surface area (Å²) in [6.45, 7) is 3.01. The summed E-state index contributed by atoms with van der Waals surface area (Å²) in [5.41, 5.74) is 0. The monoisotopic (exact) mass is 258 g/mol. The van der Waals surface area contributed by atoms with Crippen LogP contribution in [0, 0.1) is 0 Å². The van der Waals surface area contributed by atoms with Gasteiger partial charge in [-0.3, -0.25) is 0 Å². The van der Waals surface area contributed by atoms with E-state index in [0.717, 1.165) is 18.8 Å². The first-order valence-electron chi connectivity index (χ1n) is 6.24. The second-order valence-corrected chi connectivity index (χ2v) is 5.70. The van der Waals surface area contributed by atoms with E-state index in [4.69, 9.17) is 4.74 Å². The summed E-state index contributed by atoms with van der Waals surface area (Å²) in [4.78, 5) is 1.32. The smallest absolute Gasteiger partial charge is 0.119 e. The van der Waals surface area contributed by atoms with Crippen molar-refractivity contribution < 1.29 is 4.74 Å². The molecule has 1 unspecified atom stereocenters. The van der Waals surface area contributed by atoms with Crippen LogP contribution in [0.15, 0.2) is 65.6 Å². The van der Waals surface area contributed by atoms with Crippen molar-refractivity contribution in [2.45, 2.75) is 23.5 Å². The van der Waals surface area contributed by atoms with Gasteiger partial charge in [0, 0.05) is 10.1 Å². The Labute approximate surface area is 113 Å². The summed E-state index contributed by atoms with van der Waals surface area (Å²) in [7, 11) is 0. The summed E-state index contributed by atoms with van der Waals surface area (Å²) in [6.07, 6.45) is 1.05. The predicted octanol–water partition coefficient (Wildman–Crippen LogP) is 4.64. The van der Waals surface area contributed by atoms with E-state index < -0.39 is 0 Å². The average Bonchev–Trinajstić information content (AvgIpc) is 2.41. The number of para-hydroxylation sites is 1. The Bertz CT molecular complexity index is 441. The van der Waals surface area contributed by atoms with E-state index in [2.05, 4.69) is 31.2 Å². The lowest BCUT2D eigenvalue weighted by atomic mass is 10.3. The zero-order valence-electron chi connectivity index (χ0n) is 10.6. The van der Waals surface area contributed by atoms with Crippen molar-refractivity contribution >= 4 is 11.8 Å². The topological polar surface area (TPSA) is 9.23 Å². The molecule has 0 fully saturated rings. The van der Waals surface area contributed by atoms with Crippen molar-refractivity contribution in [3.63, 3.8) is 0 Å². The van der Waals surface area contributed by atoms with E-state index in [1.54, 1.807) is 0 Å². The van der Waals surface area contributed by atoms with Gasteiger partial charge in [0.1, 0.15) is 5.75 Å². The molecule has 94 valence electrons. The molecule has 2 rings (SSSR count). The molecule has 2 aromatic carbocycles. The minimum Gasteiger partial charge on any atom is -0.494 e. The molecule has 2 heteroatoms. The molecule has 2 aromatic rings. The van der Waals surface area contributed by atoms with Crippen molar-refractivity contribution in [1.29, 1.82) is 0 Å². The Balaban J connectivity index is 1.71. The van der Waals surface area contributed by atoms with Crippen LogP contribution in [0.4, 0.5) is 0 Å². The maximum Gasteiger partial charge on any atom is 0.119 e. The van der Waals surface area contributed by atoms with Gasteiger partial charge in [-0.1, -0.05) is 43.3 Å². The van der Waals surface area contributed by atoms with Gasteiger partial charge < -0.3 is 4.74 Å². The molecule has 1 nitrogen and oxygen atoms in total. The molecule has 0 saturated heterocycles. The van der Waals surface area contributed by atoms with Crippen LogP contribution in [0.25, 0.3) is 0 Å². The van der Waals surface area contributed by atoms with Crippen molar-refractivity contribution in [3.8, 4) is 5.75 Å². The van der Waals surface area contributed by atoms with Crippen LogP contribution in [0.1, 0.15) is 13.3 Å². The first kappa shape index (κ1) is 13.0. The number of ether oxygens (including phenoxy) is 1. The summed E-state index contributed by atoms with van der Waals surface area (Å²) in [5, 5.41) is 0.566. The van der Waals surface area contributed by atoms with E-state index in [0.29, 0.717) is 5.25 Å². The second kappa shape index (κ2) is 7.12. The van der Waals surface area contributed by atoms with Gasteiger partial charge in [0.25, 0.3) is 0 Å². The molecule has 0 bridgehead atoms. The highest BCUT2D eigenvalue weighted by molar-refractivity contribution is 7.99. The lowest BCUT2D eigenvalue weighted by molar-refractivity contribution is 0.311. The number of benzene rings is 2. The summed E-state index contributed by atoms with van der Waals surface area (Å²) >= 11 is 1.90. The van der Waals surface area contributed by atoms with Gasteiger partial charge in [-0.05, 0) is 30.7 Å². The molecule has 0 aliphatic rings. The van der Waals surface area contributed by atoms with E-state index in [9.17, 15) is 0 Å². The van der Waals surface area contributed by atoms with E-state index in [1.807, 2.05) is 48.2 Å². The minimum atomic E-state index is 0.566.